The summed E-state index contributed by atoms with van der Waals surface area (Å²) in [4.78, 5) is 4.66. The van der Waals surface area contributed by atoms with E-state index >= 15 is 0 Å². The summed E-state index contributed by atoms with van der Waals surface area (Å²) in [5.74, 6) is -0.380. The van der Waals surface area contributed by atoms with Gasteiger partial charge in [0.1, 0.15) is 20.9 Å². The molecule has 2 aromatic heterocycles. The number of halogens is 2. The van der Waals surface area contributed by atoms with Crippen LogP contribution in [0.25, 0.3) is 22.2 Å². The van der Waals surface area contributed by atoms with Crippen LogP contribution in [0.15, 0.2) is 63.7 Å². The second-order valence-electron chi connectivity index (χ2n) is 8.91. The highest BCUT2D eigenvalue weighted by molar-refractivity contribution is 9.10. The lowest BCUT2D eigenvalue weighted by molar-refractivity contribution is 0.457. The molecule has 0 saturated carbocycles. The zero-order valence-corrected chi connectivity index (χ0v) is 21.3. The first kappa shape index (κ1) is 23.9. The Morgan fingerprint density at radius 1 is 1.15 bits per heavy atom. The fourth-order valence-corrected chi connectivity index (χ4v) is 4.76. The van der Waals surface area contributed by atoms with Gasteiger partial charge in [-0.2, -0.15) is 0 Å². The van der Waals surface area contributed by atoms with E-state index < -0.39 is 16.1 Å². The zero-order chi connectivity index (χ0) is 23.8. The Balaban J connectivity index is 1.82. The normalized spacial score (nSPS) is 13.9. The molecule has 0 saturated heterocycles. The van der Waals surface area contributed by atoms with Gasteiger partial charge in [0.25, 0.3) is 0 Å². The molecule has 0 aliphatic carbocycles. The van der Waals surface area contributed by atoms with Gasteiger partial charge >= 0.3 is 0 Å². The fourth-order valence-electron chi connectivity index (χ4n) is 3.59. The van der Waals surface area contributed by atoms with Gasteiger partial charge in [0, 0.05) is 40.5 Å². The van der Waals surface area contributed by atoms with Crippen molar-refractivity contribution in [3.8, 4) is 11.3 Å². The van der Waals surface area contributed by atoms with Gasteiger partial charge in [0.15, 0.2) is 5.58 Å². The summed E-state index contributed by atoms with van der Waals surface area (Å²) in [5.41, 5.74) is 4.69. The first-order chi connectivity index (χ1) is 15.6. The molecular formula is C25H25BrFN3O2S. The van der Waals surface area contributed by atoms with Gasteiger partial charge in [-0.05, 0) is 73.0 Å². The van der Waals surface area contributed by atoms with E-state index in [0.29, 0.717) is 17.7 Å². The minimum atomic E-state index is -1.32. The summed E-state index contributed by atoms with van der Waals surface area (Å²) < 4.78 is 35.9. The van der Waals surface area contributed by atoms with Crippen molar-refractivity contribution in [2.75, 3.05) is 0 Å². The maximum atomic E-state index is 13.7. The molecule has 1 N–H and O–H groups in total. The highest BCUT2D eigenvalue weighted by atomic mass is 79.9. The van der Waals surface area contributed by atoms with Crippen molar-refractivity contribution in [1.29, 1.82) is 0 Å². The largest absolute Gasteiger partial charge is 0.598 e. The average Bonchev–Trinajstić information content (AvgIpc) is 3.18. The van der Waals surface area contributed by atoms with Gasteiger partial charge in [-0.3, -0.25) is 0 Å². The number of aryl methyl sites for hydroxylation is 1. The first-order valence-corrected chi connectivity index (χ1v) is 12.5. The number of fused-ring (bicyclic) bond motifs is 1. The van der Waals surface area contributed by atoms with Crippen molar-refractivity contribution in [3.05, 3.63) is 81.8 Å². The molecule has 0 aliphatic rings. The summed E-state index contributed by atoms with van der Waals surface area (Å²) in [6, 6.07) is 15.8. The maximum Gasteiger partial charge on any atom is 0.170 e. The average molecular weight is 530 g/mol. The zero-order valence-electron chi connectivity index (χ0n) is 18.9. The van der Waals surface area contributed by atoms with Crippen molar-refractivity contribution in [3.63, 3.8) is 0 Å². The molecule has 0 amide bonds. The molecular weight excluding hydrogens is 505 g/mol. The van der Waals surface area contributed by atoms with Crippen LogP contribution in [0.4, 0.5) is 4.39 Å². The van der Waals surface area contributed by atoms with E-state index in [2.05, 4.69) is 30.8 Å². The molecule has 1 unspecified atom stereocenters. The topological polar surface area (TPSA) is 74.0 Å². The van der Waals surface area contributed by atoms with Gasteiger partial charge in [0.05, 0.1) is 6.04 Å². The summed E-state index contributed by atoms with van der Waals surface area (Å²) in [7, 11) is 0. The molecule has 0 aliphatic heterocycles. The minimum absolute atomic E-state index is 0.311. The number of pyridine rings is 1. The number of hydrogen-bond donors (Lipinski definition) is 1. The lowest BCUT2D eigenvalue weighted by Gasteiger charge is -2.29. The van der Waals surface area contributed by atoms with Crippen molar-refractivity contribution >= 4 is 38.3 Å². The Bertz CT molecular complexity index is 1290. The number of benzene rings is 2. The van der Waals surface area contributed by atoms with E-state index in [0.717, 1.165) is 32.4 Å². The van der Waals surface area contributed by atoms with Gasteiger partial charge in [-0.25, -0.2) is 9.37 Å². The molecule has 0 spiro atoms. The van der Waals surface area contributed by atoms with Crippen molar-refractivity contribution in [1.82, 2.24) is 14.9 Å². The van der Waals surface area contributed by atoms with Crippen molar-refractivity contribution in [2.24, 2.45) is 0 Å². The number of hydrogen-bond acceptors (Lipinski definition) is 5. The van der Waals surface area contributed by atoms with Crippen LogP contribution in [-0.2, 0) is 17.8 Å². The first-order valence-electron chi connectivity index (χ1n) is 10.6. The van der Waals surface area contributed by atoms with Gasteiger partial charge in [0.2, 0.25) is 0 Å². The van der Waals surface area contributed by atoms with Crippen LogP contribution in [0.1, 0.15) is 43.6 Å². The van der Waals surface area contributed by atoms with E-state index in [-0.39, 0.29) is 11.9 Å². The van der Waals surface area contributed by atoms with Gasteiger partial charge < -0.3 is 9.08 Å². The molecule has 2 aromatic carbocycles. The fraction of sp³-hybridized carbons (Fsp3) is 0.280. The SMILES string of the molecule is Cc1ccc(Br)nc1C[C@H](N[S+]([O-])C(C)(C)C)c1ccccc1-c1noc2cc(F)ccc12. The minimum Gasteiger partial charge on any atom is -0.598 e. The third-order valence-corrected chi connectivity index (χ3v) is 7.45. The number of rotatable bonds is 6. The Kier molecular flexibility index (Phi) is 6.91. The van der Waals surface area contributed by atoms with E-state index in [4.69, 9.17) is 4.52 Å². The van der Waals surface area contributed by atoms with E-state index in [1.807, 2.05) is 64.1 Å². The Morgan fingerprint density at radius 3 is 2.67 bits per heavy atom. The highest BCUT2D eigenvalue weighted by Crippen LogP contribution is 2.35. The van der Waals surface area contributed by atoms with E-state index in [1.54, 1.807) is 6.07 Å². The molecule has 8 heteroatoms. The Labute approximate surface area is 204 Å². The number of nitrogens with zero attached hydrogens (tertiary/aromatic N) is 2. The quantitative estimate of drug-likeness (QED) is 0.230. The molecule has 5 nitrogen and oxygen atoms in total. The standard InChI is InChI=1S/C25H25BrFN3O2S/c1-15-9-12-23(26)28-20(15)14-21(30-33(31)25(2,3)4)17-7-5-6-8-18(17)24-19-11-10-16(27)13-22(19)32-29-24/h5-13,21,30H,14H2,1-4H3/t21-,33?/m0/s1. The van der Waals surface area contributed by atoms with Crippen LogP contribution < -0.4 is 4.72 Å². The van der Waals surface area contributed by atoms with E-state index in [9.17, 15) is 8.94 Å². The molecule has 2 heterocycles. The van der Waals surface area contributed by atoms with Crippen LogP contribution in [0.5, 0.6) is 0 Å². The van der Waals surface area contributed by atoms with Crippen LogP contribution in [-0.4, -0.2) is 19.4 Å². The monoisotopic (exact) mass is 529 g/mol. The third kappa shape index (κ3) is 5.30. The second kappa shape index (κ2) is 9.54. The molecule has 4 rings (SSSR count). The molecule has 0 fully saturated rings. The van der Waals surface area contributed by atoms with E-state index in [1.165, 1.54) is 12.1 Å². The summed E-state index contributed by atoms with van der Waals surface area (Å²) >= 11 is 2.14. The predicted octanol–water partition coefficient (Wildman–Crippen LogP) is 6.44. The Hall–Kier alpha value is -2.26. The molecule has 0 radical (unpaired) electrons. The van der Waals surface area contributed by atoms with Crippen molar-refractivity contribution in [2.45, 2.75) is 44.9 Å². The van der Waals surface area contributed by atoms with Crippen LogP contribution >= 0.6 is 15.9 Å². The molecule has 4 aromatic rings. The molecule has 33 heavy (non-hydrogen) atoms. The van der Waals surface area contributed by atoms with Gasteiger partial charge in [-0.15, -0.1) is 4.72 Å². The van der Waals surface area contributed by atoms with Crippen LogP contribution in [0.2, 0.25) is 0 Å². The lowest BCUT2D eigenvalue weighted by Crippen LogP contribution is -2.42. The Morgan fingerprint density at radius 2 is 1.91 bits per heavy atom. The summed E-state index contributed by atoms with van der Waals surface area (Å²) in [6.45, 7) is 7.81. The van der Waals surface area contributed by atoms with Crippen LogP contribution in [0, 0.1) is 12.7 Å². The summed E-state index contributed by atoms with van der Waals surface area (Å²) in [6.07, 6.45) is 0.522. The molecule has 0 bridgehead atoms. The number of aromatic nitrogens is 2. The summed E-state index contributed by atoms with van der Waals surface area (Å²) in [5, 5.41) is 4.97. The maximum absolute atomic E-state index is 13.7. The van der Waals surface area contributed by atoms with Gasteiger partial charge in [-0.1, -0.05) is 35.5 Å². The van der Waals surface area contributed by atoms with Crippen LogP contribution in [0.3, 0.4) is 0 Å². The predicted molar refractivity (Wildman–Crippen MR) is 134 cm³/mol. The number of nitrogens with one attached hydrogen (secondary N) is 1. The lowest BCUT2D eigenvalue weighted by atomic mass is 9.93. The van der Waals surface area contributed by atoms with Crippen molar-refractivity contribution < 1.29 is 13.5 Å². The smallest absolute Gasteiger partial charge is 0.170 e. The molecule has 2 atom stereocenters. The highest BCUT2D eigenvalue weighted by Gasteiger charge is 2.32. The third-order valence-electron chi connectivity index (χ3n) is 5.40. The second-order valence-corrected chi connectivity index (χ2v) is 11.7. The molecule has 172 valence electrons.